The molecule has 1 unspecified atom stereocenters. The lowest BCUT2D eigenvalue weighted by Gasteiger charge is -2.22. The summed E-state index contributed by atoms with van der Waals surface area (Å²) in [6.07, 6.45) is 8.06. The predicted molar refractivity (Wildman–Crippen MR) is 119 cm³/mol. The summed E-state index contributed by atoms with van der Waals surface area (Å²) in [6.45, 7) is 10.7. The Labute approximate surface area is 182 Å². The zero-order chi connectivity index (χ0) is 22.8. The number of nitrogens with one attached hydrogen (secondary N) is 1. The first-order valence-electron chi connectivity index (χ1n) is 10.7. The van der Waals surface area contributed by atoms with Crippen LogP contribution in [0.5, 0.6) is 0 Å². The Kier molecular flexibility index (Phi) is 6.64. The van der Waals surface area contributed by atoms with Gasteiger partial charge in [-0.25, -0.2) is 9.78 Å². The molecule has 9 heteroatoms. The second-order valence-corrected chi connectivity index (χ2v) is 9.06. The molecule has 0 aromatic carbocycles. The second kappa shape index (κ2) is 9.05. The highest BCUT2D eigenvalue weighted by Gasteiger charge is 2.28. The predicted octanol–water partition coefficient (Wildman–Crippen LogP) is 3.84. The van der Waals surface area contributed by atoms with E-state index in [2.05, 4.69) is 45.7 Å². The van der Waals surface area contributed by atoms with Crippen molar-refractivity contribution in [2.75, 3.05) is 5.32 Å². The van der Waals surface area contributed by atoms with Crippen molar-refractivity contribution in [2.45, 2.75) is 65.6 Å². The number of carboxylic acid groups (broad SMARTS) is 1. The van der Waals surface area contributed by atoms with Gasteiger partial charge in [-0.3, -0.25) is 4.68 Å². The van der Waals surface area contributed by atoms with Crippen LogP contribution in [-0.4, -0.2) is 46.1 Å². The smallest absolute Gasteiger partial charge is 0.328 e. The topological polar surface area (TPSA) is 118 Å². The van der Waals surface area contributed by atoms with E-state index in [4.69, 9.17) is 0 Å². The molecule has 0 aliphatic carbocycles. The van der Waals surface area contributed by atoms with E-state index in [0.29, 0.717) is 23.5 Å². The quantitative estimate of drug-likeness (QED) is 0.449. The lowest BCUT2D eigenvalue weighted by atomic mass is 9.93. The summed E-state index contributed by atoms with van der Waals surface area (Å²) in [5.41, 5.74) is 0.302. The van der Waals surface area contributed by atoms with Gasteiger partial charge in [0.2, 0.25) is 5.95 Å². The van der Waals surface area contributed by atoms with Gasteiger partial charge in [0.1, 0.15) is 5.65 Å². The van der Waals surface area contributed by atoms with Crippen LogP contribution >= 0.6 is 0 Å². The molecule has 0 aliphatic rings. The summed E-state index contributed by atoms with van der Waals surface area (Å²) in [5, 5.41) is 27.8. The first kappa shape index (κ1) is 22.7. The van der Waals surface area contributed by atoms with Crippen molar-refractivity contribution in [2.24, 2.45) is 11.8 Å². The van der Waals surface area contributed by atoms with E-state index < -0.39 is 17.6 Å². The van der Waals surface area contributed by atoms with Crippen molar-refractivity contribution in [3.8, 4) is 0 Å². The van der Waals surface area contributed by atoms with Gasteiger partial charge in [0.15, 0.2) is 6.04 Å². The first-order chi connectivity index (χ1) is 14.6. The van der Waals surface area contributed by atoms with Crippen molar-refractivity contribution in [3.05, 3.63) is 30.9 Å². The van der Waals surface area contributed by atoms with E-state index in [9.17, 15) is 15.0 Å². The molecule has 9 nitrogen and oxygen atoms in total. The number of anilines is 2. The van der Waals surface area contributed by atoms with Crippen LogP contribution in [0.1, 0.15) is 53.5 Å². The Hall–Kier alpha value is -2.94. The third-order valence-electron chi connectivity index (χ3n) is 5.56. The highest BCUT2D eigenvalue weighted by atomic mass is 16.4. The second-order valence-electron chi connectivity index (χ2n) is 9.06. The number of hydrogen-bond donors (Lipinski definition) is 3. The largest absolute Gasteiger partial charge is 0.480 e. The molecule has 0 amide bonds. The normalized spacial score (nSPS) is 14.2. The number of carbonyl (C=O) groups is 1. The zero-order valence-corrected chi connectivity index (χ0v) is 18.8. The maximum absolute atomic E-state index is 11.6. The molecule has 0 bridgehead atoms. The van der Waals surface area contributed by atoms with Gasteiger partial charge in [-0.15, -0.1) is 0 Å². The Morgan fingerprint density at radius 3 is 2.65 bits per heavy atom. The van der Waals surface area contributed by atoms with Crippen LogP contribution in [0.15, 0.2) is 30.9 Å². The molecule has 2 atom stereocenters. The summed E-state index contributed by atoms with van der Waals surface area (Å²) < 4.78 is 3.49. The Morgan fingerprint density at radius 2 is 2.03 bits per heavy atom. The highest BCUT2D eigenvalue weighted by Crippen LogP contribution is 2.24. The third-order valence-corrected chi connectivity index (χ3v) is 5.56. The van der Waals surface area contributed by atoms with Crippen molar-refractivity contribution in [1.29, 1.82) is 0 Å². The summed E-state index contributed by atoms with van der Waals surface area (Å²) >= 11 is 0. The van der Waals surface area contributed by atoms with Gasteiger partial charge in [-0.05, 0) is 31.7 Å². The van der Waals surface area contributed by atoms with E-state index in [0.717, 1.165) is 24.0 Å². The maximum Gasteiger partial charge on any atom is 0.328 e. The number of fused-ring (bicyclic) bond motifs is 1. The molecule has 168 valence electrons. The van der Waals surface area contributed by atoms with Crippen LogP contribution in [0.4, 0.5) is 11.6 Å². The van der Waals surface area contributed by atoms with E-state index in [1.54, 1.807) is 26.2 Å². The molecule has 0 saturated heterocycles. The Morgan fingerprint density at radius 1 is 1.29 bits per heavy atom. The molecule has 0 fully saturated rings. The highest BCUT2D eigenvalue weighted by molar-refractivity contribution is 5.77. The zero-order valence-electron chi connectivity index (χ0n) is 18.8. The SMILES string of the molecule is CC[C@H](Cn1ccc2cnc(Nc3cnn(C(CC(C)(C)O)C(=O)O)c3)nc21)C(C)C. The number of aliphatic hydroxyl groups is 1. The number of nitrogens with zero attached hydrogens (tertiary/aromatic N) is 5. The number of carboxylic acids is 1. The molecule has 0 radical (unpaired) electrons. The van der Waals surface area contributed by atoms with E-state index in [1.165, 1.54) is 10.9 Å². The summed E-state index contributed by atoms with van der Waals surface area (Å²) in [7, 11) is 0. The fourth-order valence-electron chi connectivity index (χ4n) is 3.71. The van der Waals surface area contributed by atoms with E-state index in [1.807, 2.05) is 12.3 Å². The molecule has 3 heterocycles. The molecule has 31 heavy (non-hydrogen) atoms. The van der Waals surface area contributed by atoms with Crippen molar-refractivity contribution < 1.29 is 15.0 Å². The van der Waals surface area contributed by atoms with Crippen LogP contribution in [0.25, 0.3) is 11.0 Å². The van der Waals surface area contributed by atoms with Crippen molar-refractivity contribution in [1.82, 2.24) is 24.3 Å². The molecule has 3 N–H and O–H groups in total. The van der Waals surface area contributed by atoms with Gasteiger partial charge in [0.25, 0.3) is 0 Å². The molecule has 3 rings (SSSR count). The van der Waals surface area contributed by atoms with E-state index >= 15 is 0 Å². The first-order valence-corrected chi connectivity index (χ1v) is 10.7. The Bertz CT molecular complexity index is 1030. The number of rotatable bonds is 10. The molecule has 3 aromatic rings. The lowest BCUT2D eigenvalue weighted by molar-refractivity contribution is -0.143. The molecule has 3 aromatic heterocycles. The van der Waals surface area contributed by atoms with Gasteiger partial charge in [0.05, 0.1) is 17.5 Å². The van der Waals surface area contributed by atoms with Gasteiger partial charge in [0, 0.05) is 36.9 Å². The van der Waals surface area contributed by atoms with Crippen molar-refractivity contribution >= 4 is 28.6 Å². The van der Waals surface area contributed by atoms with Crippen LogP contribution in [0.2, 0.25) is 0 Å². The minimum absolute atomic E-state index is 0.0356. The van der Waals surface area contributed by atoms with Crippen LogP contribution < -0.4 is 5.32 Å². The number of aliphatic carboxylic acids is 1. The molecule has 0 aliphatic heterocycles. The van der Waals surface area contributed by atoms with Gasteiger partial charge in [-0.1, -0.05) is 27.2 Å². The fourth-order valence-corrected chi connectivity index (χ4v) is 3.71. The minimum atomic E-state index is -1.13. The van der Waals surface area contributed by atoms with Crippen LogP contribution in [-0.2, 0) is 11.3 Å². The molecular formula is C22H32N6O3. The minimum Gasteiger partial charge on any atom is -0.480 e. The number of aromatic nitrogens is 5. The monoisotopic (exact) mass is 428 g/mol. The summed E-state index contributed by atoms with van der Waals surface area (Å²) in [5.74, 6) is 0.504. The van der Waals surface area contributed by atoms with Crippen LogP contribution in [0, 0.1) is 11.8 Å². The average Bonchev–Trinajstić information content (AvgIpc) is 3.30. The standard InChI is InChI=1S/C22H32N6O3/c1-6-15(14(2)3)12-27-8-7-16-10-23-21(26-19(16)27)25-17-11-24-28(13-17)18(20(29)30)9-22(4,5)31/h7-8,10-11,13-15,18,31H,6,9,12H2,1-5H3,(H,29,30)(H,23,25,26)/t15-,18?/m1/s1. The molecule has 0 spiro atoms. The maximum atomic E-state index is 11.6. The average molecular weight is 429 g/mol. The molecule has 0 saturated carbocycles. The summed E-state index contributed by atoms with van der Waals surface area (Å²) in [4.78, 5) is 20.7. The lowest BCUT2D eigenvalue weighted by Crippen LogP contribution is -2.30. The molecular weight excluding hydrogens is 396 g/mol. The summed E-state index contributed by atoms with van der Waals surface area (Å²) in [6, 6.07) is 1.04. The van der Waals surface area contributed by atoms with Gasteiger partial charge in [-0.2, -0.15) is 10.1 Å². The Balaban J connectivity index is 1.81. The number of hydrogen-bond acceptors (Lipinski definition) is 6. The van der Waals surface area contributed by atoms with Gasteiger partial charge < -0.3 is 20.1 Å². The van der Waals surface area contributed by atoms with Crippen molar-refractivity contribution in [3.63, 3.8) is 0 Å². The van der Waals surface area contributed by atoms with Gasteiger partial charge >= 0.3 is 5.97 Å². The fraction of sp³-hybridized carbons (Fsp3) is 0.545. The van der Waals surface area contributed by atoms with E-state index in [-0.39, 0.29) is 6.42 Å². The van der Waals surface area contributed by atoms with Crippen LogP contribution in [0.3, 0.4) is 0 Å². The third kappa shape index (κ3) is 5.61.